The van der Waals surface area contributed by atoms with Crippen LogP contribution in [0, 0.1) is 5.82 Å². The molecule has 0 radical (unpaired) electrons. The van der Waals surface area contributed by atoms with Gasteiger partial charge < -0.3 is 5.73 Å². The zero-order valence-electron chi connectivity index (χ0n) is 9.29. The molecule has 0 amide bonds. The molecule has 5 heteroatoms. The first-order valence-electron chi connectivity index (χ1n) is 5.18. The first-order chi connectivity index (χ1) is 8.56. The molecule has 2 aromatic carbocycles. The average Bonchev–Trinajstić information content (AvgIpc) is 2.30. The van der Waals surface area contributed by atoms with E-state index in [0.717, 1.165) is 4.90 Å². The van der Waals surface area contributed by atoms with Gasteiger partial charge in [0.25, 0.3) is 0 Å². The Balaban J connectivity index is 2.11. The van der Waals surface area contributed by atoms with Crippen LogP contribution in [0.3, 0.4) is 0 Å². The topological polar surface area (TPSA) is 26.0 Å². The molecule has 2 N–H and O–H groups in total. The number of rotatable bonds is 3. The second-order valence-electron chi connectivity index (χ2n) is 3.71. The van der Waals surface area contributed by atoms with Crippen molar-refractivity contribution in [1.29, 1.82) is 0 Å². The normalized spacial score (nSPS) is 10.6. The molecule has 1 nitrogen and oxygen atoms in total. The Morgan fingerprint density at radius 1 is 1.06 bits per heavy atom. The van der Waals surface area contributed by atoms with Gasteiger partial charge in [-0.3, -0.25) is 0 Å². The smallest absolute Gasteiger partial charge is 0.128 e. The lowest BCUT2D eigenvalue weighted by Gasteiger charge is -2.07. The van der Waals surface area contributed by atoms with Crippen LogP contribution < -0.4 is 5.73 Å². The fourth-order valence-corrected chi connectivity index (χ4v) is 2.72. The molecule has 18 heavy (non-hydrogen) atoms. The molecule has 0 aliphatic carbocycles. The summed E-state index contributed by atoms with van der Waals surface area (Å²) in [5.41, 5.74) is 7.02. The van der Waals surface area contributed by atoms with Gasteiger partial charge in [-0.25, -0.2) is 4.39 Å². The zero-order valence-corrected chi connectivity index (χ0v) is 11.6. The van der Waals surface area contributed by atoms with Gasteiger partial charge in [-0.15, -0.1) is 11.8 Å². The molecular weight excluding hydrogens is 292 g/mol. The monoisotopic (exact) mass is 301 g/mol. The van der Waals surface area contributed by atoms with Crippen LogP contribution in [-0.2, 0) is 5.75 Å². The van der Waals surface area contributed by atoms with E-state index >= 15 is 0 Å². The van der Waals surface area contributed by atoms with E-state index in [0.29, 0.717) is 27.0 Å². The highest BCUT2D eigenvalue weighted by molar-refractivity contribution is 7.98. The van der Waals surface area contributed by atoms with Gasteiger partial charge in [0.15, 0.2) is 0 Å². The molecule has 2 aromatic rings. The predicted molar refractivity (Wildman–Crippen MR) is 76.8 cm³/mol. The number of hydrogen-bond acceptors (Lipinski definition) is 2. The molecule has 0 fully saturated rings. The SMILES string of the molecule is Nc1cc(Cl)ccc1SCc1ccc(Cl)cc1F. The van der Waals surface area contributed by atoms with Crippen molar-refractivity contribution in [2.45, 2.75) is 10.6 Å². The Hall–Kier alpha value is -0.900. The first kappa shape index (κ1) is 13.5. The van der Waals surface area contributed by atoms with Gasteiger partial charge >= 0.3 is 0 Å². The fourth-order valence-electron chi connectivity index (χ4n) is 1.45. The second-order valence-corrected chi connectivity index (χ2v) is 5.60. The summed E-state index contributed by atoms with van der Waals surface area (Å²) in [7, 11) is 0. The van der Waals surface area contributed by atoms with Crippen LogP contribution in [0.15, 0.2) is 41.3 Å². The Kier molecular flexibility index (Phi) is 4.38. The Bertz CT molecular complexity index is 523. The molecule has 0 heterocycles. The third kappa shape index (κ3) is 3.31. The van der Waals surface area contributed by atoms with Gasteiger partial charge in [-0.2, -0.15) is 0 Å². The number of thioether (sulfide) groups is 1. The van der Waals surface area contributed by atoms with Gasteiger partial charge in [0, 0.05) is 26.4 Å². The molecule has 0 bridgehead atoms. The molecule has 0 unspecified atom stereocenters. The molecular formula is C13H10Cl2FNS. The number of nitrogens with two attached hydrogens (primary N) is 1. The molecule has 0 spiro atoms. The first-order valence-corrected chi connectivity index (χ1v) is 6.92. The molecule has 0 aromatic heterocycles. The van der Waals surface area contributed by atoms with Crippen LogP contribution in [0.5, 0.6) is 0 Å². The standard InChI is InChI=1S/C13H10Cl2FNS/c14-9-2-1-8(11(16)5-9)7-18-13-4-3-10(15)6-12(13)17/h1-6H,7,17H2. The molecule has 94 valence electrons. The van der Waals surface area contributed by atoms with Crippen LogP contribution in [0.2, 0.25) is 10.0 Å². The summed E-state index contributed by atoms with van der Waals surface area (Å²) in [6, 6.07) is 9.93. The van der Waals surface area contributed by atoms with Crippen molar-refractivity contribution in [3.05, 3.63) is 57.8 Å². The van der Waals surface area contributed by atoms with Gasteiger partial charge in [0.1, 0.15) is 5.82 Å². The van der Waals surface area contributed by atoms with Crippen molar-refractivity contribution in [3.8, 4) is 0 Å². The van der Waals surface area contributed by atoms with Crippen LogP contribution in [-0.4, -0.2) is 0 Å². The molecule has 0 aliphatic heterocycles. The van der Waals surface area contributed by atoms with E-state index in [9.17, 15) is 4.39 Å². The molecule has 0 saturated carbocycles. The third-order valence-corrected chi connectivity index (χ3v) is 3.98. The van der Waals surface area contributed by atoms with E-state index in [1.807, 2.05) is 6.07 Å². The van der Waals surface area contributed by atoms with Gasteiger partial charge in [0.2, 0.25) is 0 Å². The summed E-state index contributed by atoms with van der Waals surface area (Å²) in [6.07, 6.45) is 0. The summed E-state index contributed by atoms with van der Waals surface area (Å²) >= 11 is 13.0. The van der Waals surface area contributed by atoms with E-state index in [-0.39, 0.29) is 5.82 Å². The molecule has 2 rings (SSSR count). The van der Waals surface area contributed by atoms with Crippen LogP contribution in [0.25, 0.3) is 0 Å². The highest BCUT2D eigenvalue weighted by Crippen LogP contribution is 2.31. The van der Waals surface area contributed by atoms with Crippen LogP contribution in [0.1, 0.15) is 5.56 Å². The zero-order chi connectivity index (χ0) is 13.1. The number of nitrogen functional groups attached to an aromatic ring is 1. The summed E-state index contributed by atoms with van der Waals surface area (Å²) in [5.74, 6) is 0.192. The predicted octanol–water partition coefficient (Wildman–Crippen LogP) is 5.01. The highest BCUT2D eigenvalue weighted by Gasteiger charge is 2.06. The highest BCUT2D eigenvalue weighted by atomic mass is 35.5. The maximum absolute atomic E-state index is 13.6. The maximum Gasteiger partial charge on any atom is 0.128 e. The number of halogens is 3. The van der Waals surface area contributed by atoms with Crippen molar-refractivity contribution in [3.63, 3.8) is 0 Å². The van der Waals surface area contributed by atoms with E-state index in [2.05, 4.69) is 0 Å². The molecule has 0 aliphatic rings. The van der Waals surface area contributed by atoms with Crippen LogP contribution >= 0.6 is 35.0 Å². The van der Waals surface area contributed by atoms with Crippen LogP contribution in [0.4, 0.5) is 10.1 Å². The second kappa shape index (κ2) is 5.83. The third-order valence-electron chi connectivity index (χ3n) is 2.37. The lowest BCUT2D eigenvalue weighted by Crippen LogP contribution is -1.91. The largest absolute Gasteiger partial charge is 0.398 e. The number of anilines is 1. The lowest BCUT2D eigenvalue weighted by atomic mass is 10.2. The quantitative estimate of drug-likeness (QED) is 0.637. The van der Waals surface area contributed by atoms with Crippen molar-refractivity contribution in [1.82, 2.24) is 0 Å². The van der Waals surface area contributed by atoms with Gasteiger partial charge in [0.05, 0.1) is 0 Å². The van der Waals surface area contributed by atoms with E-state index in [4.69, 9.17) is 28.9 Å². The minimum Gasteiger partial charge on any atom is -0.398 e. The van der Waals surface area contributed by atoms with Gasteiger partial charge in [-0.05, 0) is 35.9 Å². The molecule has 0 saturated heterocycles. The lowest BCUT2D eigenvalue weighted by molar-refractivity contribution is 0.617. The van der Waals surface area contributed by atoms with Crippen molar-refractivity contribution >= 4 is 40.7 Å². The fraction of sp³-hybridized carbons (Fsp3) is 0.0769. The van der Waals surface area contributed by atoms with Gasteiger partial charge in [-0.1, -0.05) is 29.3 Å². The minimum absolute atomic E-state index is 0.303. The summed E-state index contributed by atoms with van der Waals surface area (Å²) in [5, 5.41) is 0.988. The number of hydrogen-bond donors (Lipinski definition) is 1. The Labute approximate surface area is 119 Å². The summed E-state index contributed by atoms with van der Waals surface area (Å²) in [4.78, 5) is 0.883. The average molecular weight is 302 g/mol. The maximum atomic E-state index is 13.6. The molecule has 0 atom stereocenters. The van der Waals surface area contributed by atoms with Crippen molar-refractivity contribution < 1.29 is 4.39 Å². The van der Waals surface area contributed by atoms with Crippen molar-refractivity contribution in [2.24, 2.45) is 0 Å². The summed E-state index contributed by atoms with van der Waals surface area (Å²) in [6.45, 7) is 0. The Morgan fingerprint density at radius 3 is 2.39 bits per heavy atom. The van der Waals surface area contributed by atoms with E-state index < -0.39 is 0 Å². The summed E-state index contributed by atoms with van der Waals surface area (Å²) < 4.78 is 13.6. The van der Waals surface area contributed by atoms with E-state index in [1.54, 1.807) is 24.3 Å². The van der Waals surface area contributed by atoms with E-state index in [1.165, 1.54) is 17.8 Å². The van der Waals surface area contributed by atoms with Crippen molar-refractivity contribution in [2.75, 3.05) is 5.73 Å². The number of benzene rings is 2. The minimum atomic E-state index is -0.303. The Morgan fingerprint density at radius 2 is 1.72 bits per heavy atom.